The molecule has 2 aromatic heterocycles. The van der Waals surface area contributed by atoms with Crippen LogP contribution in [0.5, 0.6) is 5.75 Å². The summed E-state index contributed by atoms with van der Waals surface area (Å²) in [7, 11) is -4.30. The molecule has 2 heterocycles. The van der Waals surface area contributed by atoms with Gasteiger partial charge in [-0.2, -0.15) is 13.2 Å². The van der Waals surface area contributed by atoms with E-state index in [2.05, 4.69) is 10.3 Å². The smallest absolute Gasteiger partial charge is 0.419 e. The topological polar surface area (TPSA) is 111 Å². The maximum absolute atomic E-state index is 13.8. The van der Waals surface area contributed by atoms with E-state index in [1.54, 1.807) is 24.4 Å². The highest BCUT2D eigenvalue weighted by Gasteiger charge is 2.36. The Kier molecular flexibility index (Phi) is 6.47. The molecule has 35 heavy (non-hydrogen) atoms. The van der Waals surface area contributed by atoms with Crippen LogP contribution in [-0.2, 0) is 29.4 Å². The van der Waals surface area contributed by atoms with E-state index in [0.717, 1.165) is 21.7 Å². The SMILES string of the molecule is Cc1ccc(S(=O)(=O)n2c(CNC(=O)O)cc3cc(C(F)(F)F)c(OCc4cscn4)cc32)cc1. The Morgan fingerprint density at radius 2 is 1.91 bits per heavy atom. The molecule has 2 N–H and O–H groups in total. The quantitative estimate of drug-likeness (QED) is 0.351. The molecule has 8 nitrogen and oxygen atoms in total. The number of aromatic nitrogens is 2. The van der Waals surface area contributed by atoms with Crippen LogP contribution >= 0.6 is 11.3 Å². The van der Waals surface area contributed by atoms with Crippen molar-refractivity contribution in [3.63, 3.8) is 0 Å². The number of hydrogen-bond acceptors (Lipinski definition) is 6. The Balaban J connectivity index is 1.93. The molecule has 4 aromatic rings. The van der Waals surface area contributed by atoms with Crippen molar-refractivity contribution in [1.29, 1.82) is 0 Å². The molecule has 13 heteroatoms. The highest BCUT2D eigenvalue weighted by Crippen LogP contribution is 2.40. The van der Waals surface area contributed by atoms with Crippen LogP contribution in [0, 0.1) is 6.92 Å². The van der Waals surface area contributed by atoms with Gasteiger partial charge in [-0.1, -0.05) is 17.7 Å². The number of fused-ring (bicyclic) bond motifs is 1. The minimum absolute atomic E-state index is 0.0452. The van der Waals surface area contributed by atoms with Crippen LogP contribution in [0.1, 0.15) is 22.5 Å². The van der Waals surface area contributed by atoms with Crippen molar-refractivity contribution in [2.45, 2.75) is 31.1 Å². The van der Waals surface area contributed by atoms with Gasteiger partial charge in [0, 0.05) is 16.8 Å². The fourth-order valence-corrected chi connectivity index (χ4v) is 5.54. The second-order valence-corrected chi connectivity index (χ2v) is 10.1. The number of hydrogen-bond donors (Lipinski definition) is 2. The average Bonchev–Trinajstić information content (AvgIpc) is 3.42. The first kappa shape index (κ1) is 24.5. The van der Waals surface area contributed by atoms with Crippen molar-refractivity contribution >= 4 is 38.4 Å². The number of carbonyl (C=O) groups is 1. The van der Waals surface area contributed by atoms with Gasteiger partial charge < -0.3 is 15.2 Å². The van der Waals surface area contributed by atoms with Crippen LogP contribution in [0.15, 0.2) is 58.3 Å². The molecule has 2 aromatic carbocycles. The van der Waals surface area contributed by atoms with Gasteiger partial charge in [0.25, 0.3) is 10.0 Å². The maximum atomic E-state index is 13.8. The monoisotopic (exact) mass is 525 g/mol. The summed E-state index contributed by atoms with van der Waals surface area (Å²) >= 11 is 1.25. The summed E-state index contributed by atoms with van der Waals surface area (Å²) in [6.07, 6.45) is -6.21. The summed E-state index contributed by atoms with van der Waals surface area (Å²) < 4.78 is 74.8. The predicted molar refractivity (Wildman–Crippen MR) is 122 cm³/mol. The van der Waals surface area contributed by atoms with Gasteiger partial charge in [-0.3, -0.25) is 0 Å². The molecular weight excluding hydrogens is 507 g/mol. The van der Waals surface area contributed by atoms with Gasteiger partial charge >= 0.3 is 12.3 Å². The van der Waals surface area contributed by atoms with Crippen molar-refractivity contribution in [1.82, 2.24) is 14.3 Å². The summed E-state index contributed by atoms with van der Waals surface area (Å²) in [5.74, 6) is -0.575. The number of aryl methyl sites for hydroxylation is 1. The second-order valence-electron chi connectivity index (χ2n) is 7.55. The molecule has 0 saturated carbocycles. The molecule has 0 unspecified atom stereocenters. The second kappa shape index (κ2) is 9.23. The van der Waals surface area contributed by atoms with E-state index in [9.17, 15) is 26.4 Å². The van der Waals surface area contributed by atoms with Crippen molar-refractivity contribution in [3.8, 4) is 5.75 Å². The third kappa shape index (κ3) is 5.10. The van der Waals surface area contributed by atoms with Gasteiger partial charge in [-0.25, -0.2) is 22.2 Å². The van der Waals surface area contributed by atoms with Crippen molar-refractivity contribution in [2.24, 2.45) is 0 Å². The van der Waals surface area contributed by atoms with E-state index in [1.807, 2.05) is 0 Å². The van der Waals surface area contributed by atoms with Crippen LogP contribution in [0.2, 0.25) is 0 Å². The third-order valence-electron chi connectivity index (χ3n) is 5.08. The Morgan fingerprint density at radius 1 is 1.20 bits per heavy atom. The van der Waals surface area contributed by atoms with E-state index in [0.29, 0.717) is 5.69 Å². The van der Waals surface area contributed by atoms with Gasteiger partial charge in [-0.05, 0) is 31.2 Å². The first-order chi connectivity index (χ1) is 16.5. The minimum atomic E-state index is -4.79. The normalized spacial score (nSPS) is 12.1. The van der Waals surface area contributed by atoms with Crippen molar-refractivity contribution in [3.05, 3.63) is 75.9 Å². The van der Waals surface area contributed by atoms with Crippen LogP contribution in [-0.4, -0.2) is 28.6 Å². The van der Waals surface area contributed by atoms with Gasteiger partial charge in [0.2, 0.25) is 0 Å². The number of halogens is 3. The first-order valence-electron chi connectivity index (χ1n) is 10.0. The van der Waals surface area contributed by atoms with E-state index in [1.165, 1.54) is 35.0 Å². The molecule has 0 saturated heterocycles. The van der Waals surface area contributed by atoms with Crippen LogP contribution in [0.4, 0.5) is 18.0 Å². The number of thiazole rings is 1. The molecule has 184 valence electrons. The molecular formula is C22H18F3N3O5S2. The molecule has 0 aliphatic rings. The number of carboxylic acid groups (broad SMARTS) is 1. The standard InChI is InChI=1S/C22H18F3N3O5S2/c1-13-2-4-17(5-3-13)35(31,32)28-16(9-26-21(29)30)6-14-7-18(22(23,24)25)20(8-19(14)28)33-10-15-11-34-12-27-15/h2-8,11-12,26H,9-10H2,1H3,(H,29,30). The summed E-state index contributed by atoms with van der Waals surface area (Å²) in [6.45, 7) is 1.07. The summed E-state index contributed by atoms with van der Waals surface area (Å²) in [4.78, 5) is 14.9. The Labute approximate surface area is 201 Å². The van der Waals surface area contributed by atoms with E-state index < -0.39 is 40.2 Å². The first-order valence-corrected chi connectivity index (χ1v) is 12.4. The molecule has 0 aliphatic heterocycles. The molecule has 0 bridgehead atoms. The number of benzene rings is 2. The minimum Gasteiger partial charge on any atom is -0.487 e. The molecule has 0 radical (unpaired) electrons. The molecule has 1 amide bonds. The largest absolute Gasteiger partial charge is 0.487 e. The number of amides is 1. The fraction of sp³-hybridized carbons (Fsp3) is 0.182. The lowest BCUT2D eigenvalue weighted by molar-refractivity contribution is -0.138. The Morgan fingerprint density at radius 3 is 2.51 bits per heavy atom. The van der Waals surface area contributed by atoms with Crippen LogP contribution < -0.4 is 10.1 Å². The summed E-state index contributed by atoms with van der Waals surface area (Å²) in [6, 6.07) is 8.90. The molecule has 0 atom stereocenters. The van der Waals surface area contributed by atoms with Gasteiger partial charge in [-0.15, -0.1) is 11.3 Å². The molecule has 0 aliphatic carbocycles. The Bertz CT molecular complexity index is 1480. The number of rotatable bonds is 7. The van der Waals surface area contributed by atoms with Crippen LogP contribution in [0.25, 0.3) is 10.9 Å². The lowest BCUT2D eigenvalue weighted by Gasteiger charge is -2.16. The van der Waals surface area contributed by atoms with Gasteiger partial charge in [0.1, 0.15) is 12.4 Å². The molecule has 0 fully saturated rings. The summed E-state index contributed by atoms with van der Waals surface area (Å²) in [5, 5.41) is 12.6. The van der Waals surface area contributed by atoms with E-state index in [-0.39, 0.29) is 28.1 Å². The number of nitrogens with zero attached hydrogens (tertiary/aromatic N) is 2. The number of ether oxygens (including phenoxy) is 1. The predicted octanol–water partition coefficient (Wildman–Crippen LogP) is 5.01. The van der Waals surface area contributed by atoms with E-state index in [4.69, 9.17) is 9.84 Å². The van der Waals surface area contributed by atoms with Crippen LogP contribution in [0.3, 0.4) is 0 Å². The summed E-state index contributed by atoms with van der Waals surface area (Å²) in [5.41, 5.74) is 1.48. The lowest BCUT2D eigenvalue weighted by Crippen LogP contribution is -2.24. The third-order valence-corrected chi connectivity index (χ3v) is 7.49. The van der Waals surface area contributed by atoms with Gasteiger partial charge in [0.15, 0.2) is 0 Å². The highest BCUT2D eigenvalue weighted by atomic mass is 32.2. The number of alkyl halides is 3. The van der Waals surface area contributed by atoms with Gasteiger partial charge in [0.05, 0.1) is 39.4 Å². The zero-order valence-electron chi connectivity index (χ0n) is 18.0. The van der Waals surface area contributed by atoms with Crippen molar-refractivity contribution in [2.75, 3.05) is 0 Å². The maximum Gasteiger partial charge on any atom is 0.419 e. The van der Waals surface area contributed by atoms with Crippen molar-refractivity contribution < 1.29 is 36.2 Å². The lowest BCUT2D eigenvalue weighted by atomic mass is 10.1. The fourth-order valence-electron chi connectivity index (χ4n) is 3.46. The highest BCUT2D eigenvalue weighted by molar-refractivity contribution is 7.90. The number of nitrogens with one attached hydrogen (secondary N) is 1. The zero-order chi connectivity index (χ0) is 25.4. The molecule has 4 rings (SSSR count). The Hall–Kier alpha value is -3.58. The zero-order valence-corrected chi connectivity index (χ0v) is 19.7. The van der Waals surface area contributed by atoms with E-state index >= 15 is 0 Å². The molecule has 0 spiro atoms. The average molecular weight is 526 g/mol.